The molecule has 0 aliphatic carbocycles. The molecule has 20 heavy (non-hydrogen) atoms. The van der Waals surface area contributed by atoms with Crippen LogP contribution in [0.25, 0.3) is 0 Å². The highest BCUT2D eigenvalue weighted by Crippen LogP contribution is 2.24. The Labute approximate surface area is 123 Å². The number of benzene rings is 2. The molecule has 4 heteroatoms. The van der Waals surface area contributed by atoms with Gasteiger partial charge in [-0.05, 0) is 42.3 Å². The van der Waals surface area contributed by atoms with Gasteiger partial charge >= 0.3 is 0 Å². The molecule has 0 aliphatic rings. The second-order valence-corrected chi connectivity index (χ2v) is 4.95. The van der Waals surface area contributed by atoms with E-state index in [1.54, 1.807) is 18.2 Å². The molecule has 0 saturated heterocycles. The molecule has 0 heterocycles. The minimum Gasteiger partial charge on any atom is -0.496 e. The Kier molecular flexibility index (Phi) is 4.64. The summed E-state index contributed by atoms with van der Waals surface area (Å²) in [5, 5.41) is 0.526. The number of halogens is 1. The van der Waals surface area contributed by atoms with Gasteiger partial charge in [0, 0.05) is 17.1 Å². The van der Waals surface area contributed by atoms with Gasteiger partial charge < -0.3 is 10.5 Å². The zero-order valence-corrected chi connectivity index (χ0v) is 12.0. The Morgan fingerprint density at radius 3 is 2.75 bits per heavy atom. The van der Waals surface area contributed by atoms with Crippen LogP contribution < -0.4 is 10.5 Å². The highest BCUT2D eigenvalue weighted by Gasteiger charge is 2.13. The number of carbonyl (C=O) groups is 1. The quantitative estimate of drug-likeness (QED) is 0.674. The summed E-state index contributed by atoms with van der Waals surface area (Å²) in [4.78, 5) is 12.3. The molecule has 0 saturated carbocycles. The van der Waals surface area contributed by atoms with E-state index in [4.69, 9.17) is 22.1 Å². The SMILES string of the molecule is COc1ccc(Cl)cc1C(=O)CCc1cccc(N)c1. The lowest BCUT2D eigenvalue weighted by Gasteiger charge is -2.08. The van der Waals surface area contributed by atoms with Gasteiger partial charge in [0.2, 0.25) is 0 Å². The van der Waals surface area contributed by atoms with Crippen molar-refractivity contribution in [2.75, 3.05) is 12.8 Å². The minimum atomic E-state index is 0.00627. The number of ketones is 1. The third-order valence-corrected chi connectivity index (χ3v) is 3.29. The molecule has 0 radical (unpaired) electrons. The number of methoxy groups -OCH3 is 1. The van der Waals surface area contributed by atoms with Gasteiger partial charge in [-0.2, -0.15) is 0 Å². The first-order valence-electron chi connectivity index (χ1n) is 6.31. The molecule has 0 bridgehead atoms. The fourth-order valence-electron chi connectivity index (χ4n) is 2.04. The molecule has 0 aromatic heterocycles. The number of Topliss-reactive ketones (excluding diaryl/α,β-unsaturated/α-hetero) is 1. The van der Waals surface area contributed by atoms with Gasteiger partial charge in [0.25, 0.3) is 0 Å². The number of nitrogen functional groups attached to an aromatic ring is 1. The van der Waals surface area contributed by atoms with Gasteiger partial charge in [-0.1, -0.05) is 23.7 Å². The Bertz CT molecular complexity index is 626. The summed E-state index contributed by atoms with van der Waals surface area (Å²) in [6.45, 7) is 0. The number of hydrogen-bond acceptors (Lipinski definition) is 3. The standard InChI is InChI=1S/C16H16ClNO2/c1-20-16-8-6-12(17)10-14(16)15(19)7-5-11-3-2-4-13(18)9-11/h2-4,6,8-10H,5,7,18H2,1H3. The molecule has 2 aromatic carbocycles. The second kappa shape index (κ2) is 6.44. The summed E-state index contributed by atoms with van der Waals surface area (Å²) in [7, 11) is 1.54. The minimum absolute atomic E-state index is 0.00627. The van der Waals surface area contributed by atoms with Gasteiger partial charge in [-0.15, -0.1) is 0 Å². The number of aryl methyl sites for hydroxylation is 1. The first-order chi connectivity index (χ1) is 9.60. The third kappa shape index (κ3) is 3.52. The predicted octanol–water partition coefficient (Wildman–Crippen LogP) is 3.75. The fraction of sp³-hybridized carbons (Fsp3) is 0.188. The van der Waals surface area contributed by atoms with Crippen molar-refractivity contribution in [3.63, 3.8) is 0 Å². The molecule has 104 valence electrons. The maximum absolute atomic E-state index is 12.3. The van der Waals surface area contributed by atoms with Gasteiger partial charge in [0.1, 0.15) is 5.75 Å². The Morgan fingerprint density at radius 1 is 1.25 bits per heavy atom. The number of nitrogens with two attached hydrogens (primary N) is 1. The fourth-order valence-corrected chi connectivity index (χ4v) is 2.21. The molecule has 0 aliphatic heterocycles. The highest BCUT2D eigenvalue weighted by molar-refractivity contribution is 6.31. The number of carbonyl (C=O) groups excluding carboxylic acids is 1. The van der Waals surface area contributed by atoms with Crippen molar-refractivity contribution in [3.8, 4) is 5.75 Å². The van der Waals surface area contributed by atoms with E-state index in [0.717, 1.165) is 5.56 Å². The number of ether oxygens (including phenoxy) is 1. The van der Waals surface area contributed by atoms with Gasteiger partial charge in [0.05, 0.1) is 12.7 Å². The topological polar surface area (TPSA) is 52.3 Å². The molecule has 0 atom stereocenters. The van der Waals surface area contributed by atoms with Crippen LogP contribution >= 0.6 is 11.6 Å². The summed E-state index contributed by atoms with van der Waals surface area (Å²) in [5.41, 5.74) is 7.98. The average molecular weight is 290 g/mol. The van der Waals surface area contributed by atoms with Crippen LogP contribution in [0.15, 0.2) is 42.5 Å². The summed E-state index contributed by atoms with van der Waals surface area (Å²) in [6, 6.07) is 12.6. The molecule has 2 aromatic rings. The smallest absolute Gasteiger partial charge is 0.166 e. The summed E-state index contributed by atoms with van der Waals surface area (Å²) < 4.78 is 5.19. The first kappa shape index (κ1) is 14.4. The third-order valence-electron chi connectivity index (χ3n) is 3.05. The van der Waals surface area contributed by atoms with E-state index in [0.29, 0.717) is 34.9 Å². The van der Waals surface area contributed by atoms with Crippen molar-refractivity contribution in [2.45, 2.75) is 12.8 Å². The number of hydrogen-bond donors (Lipinski definition) is 1. The molecule has 0 unspecified atom stereocenters. The van der Waals surface area contributed by atoms with E-state index in [1.807, 2.05) is 24.3 Å². The Morgan fingerprint density at radius 2 is 2.05 bits per heavy atom. The van der Waals surface area contributed by atoms with Crippen molar-refractivity contribution in [2.24, 2.45) is 0 Å². The molecule has 0 spiro atoms. The summed E-state index contributed by atoms with van der Waals surface area (Å²) in [6.07, 6.45) is 1.03. The van der Waals surface area contributed by atoms with Crippen molar-refractivity contribution >= 4 is 23.1 Å². The van der Waals surface area contributed by atoms with Crippen molar-refractivity contribution < 1.29 is 9.53 Å². The van der Waals surface area contributed by atoms with Crippen LogP contribution in [0.5, 0.6) is 5.75 Å². The maximum atomic E-state index is 12.3. The van der Waals surface area contributed by atoms with Gasteiger partial charge in [-0.3, -0.25) is 4.79 Å². The first-order valence-corrected chi connectivity index (χ1v) is 6.69. The molecule has 2 rings (SSSR count). The molecular weight excluding hydrogens is 274 g/mol. The van der Waals surface area contributed by atoms with Gasteiger partial charge in [0.15, 0.2) is 5.78 Å². The van der Waals surface area contributed by atoms with Crippen molar-refractivity contribution in [1.82, 2.24) is 0 Å². The normalized spacial score (nSPS) is 10.3. The van der Waals surface area contributed by atoms with Crippen LogP contribution in [0, 0.1) is 0 Å². The van der Waals surface area contributed by atoms with Crippen LogP contribution in [-0.2, 0) is 6.42 Å². The second-order valence-electron chi connectivity index (χ2n) is 4.51. The molecule has 0 fully saturated rings. The lowest BCUT2D eigenvalue weighted by atomic mass is 10.0. The van der Waals surface area contributed by atoms with Crippen LogP contribution in [-0.4, -0.2) is 12.9 Å². The van der Waals surface area contributed by atoms with E-state index in [2.05, 4.69) is 0 Å². The monoisotopic (exact) mass is 289 g/mol. The van der Waals surface area contributed by atoms with Crippen LogP contribution in [0.3, 0.4) is 0 Å². The molecule has 3 nitrogen and oxygen atoms in total. The van der Waals surface area contributed by atoms with Crippen molar-refractivity contribution in [3.05, 3.63) is 58.6 Å². The Balaban J connectivity index is 2.10. The van der Waals surface area contributed by atoms with Crippen LogP contribution in [0.4, 0.5) is 5.69 Å². The maximum Gasteiger partial charge on any atom is 0.166 e. The largest absolute Gasteiger partial charge is 0.496 e. The van der Waals surface area contributed by atoms with E-state index < -0.39 is 0 Å². The van der Waals surface area contributed by atoms with E-state index in [1.165, 1.54) is 7.11 Å². The van der Waals surface area contributed by atoms with Gasteiger partial charge in [-0.25, -0.2) is 0 Å². The molecule has 0 amide bonds. The molecular formula is C16H16ClNO2. The number of anilines is 1. The average Bonchev–Trinajstić information content (AvgIpc) is 2.45. The highest BCUT2D eigenvalue weighted by atomic mass is 35.5. The van der Waals surface area contributed by atoms with Crippen molar-refractivity contribution in [1.29, 1.82) is 0 Å². The van der Waals surface area contributed by atoms with E-state index >= 15 is 0 Å². The van der Waals surface area contributed by atoms with Crippen LogP contribution in [0.1, 0.15) is 22.3 Å². The lowest BCUT2D eigenvalue weighted by molar-refractivity contribution is 0.0980. The lowest BCUT2D eigenvalue weighted by Crippen LogP contribution is -2.04. The van der Waals surface area contributed by atoms with Crippen LogP contribution in [0.2, 0.25) is 5.02 Å². The summed E-state index contributed by atoms with van der Waals surface area (Å²) in [5.74, 6) is 0.554. The Hall–Kier alpha value is -2.00. The predicted molar refractivity (Wildman–Crippen MR) is 81.5 cm³/mol. The zero-order chi connectivity index (χ0) is 14.5. The van der Waals surface area contributed by atoms with E-state index in [9.17, 15) is 4.79 Å². The number of rotatable bonds is 5. The summed E-state index contributed by atoms with van der Waals surface area (Å²) >= 11 is 5.93. The molecule has 2 N–H and O–H groups in total. The zero-order valence-electron chi connectivity index (χ0n) is 11.2. The van der Waals surface area contributed by atoms with E-state index in [-0.39, 0.29) is 5.78 Å².